The van der Waals surface area contributed by atoms with Crippen LogP contribution in [0.2, 0.25) is 0 Å². The summed E-state index contributed by atoms with van der Waals surface area (Å²) in [4.78, 5) is 101. The Kier molecular flexibility index (Phi) is 15.2. The fourth-order valence-corrected chi connectivity index (χ4v) is 13.0. The van der Waals surface area contributed by atoms with Gasteiger partial charge < -0.3 is 66.8 Å². The molecule has 21 nitrogen and oxygen atoms in total. The molecule has 0 spiro atoms. The molecule has 21 heteroatoms. The largest absolute Gasteiger partial charge is 0.456 e. The van der Waals surface area contributed by atoms with Crippen LogP contribution < -0.4 is 5.63 Å². The first-order valence-electron chi connectivity index (χ1n) is 23.6. The highest BCUT2D eigenvalue weighted by atomic mass is 16.8. The van der Waals surface area contributed by atoms with Crippen molar-refractivity contribution in [3.63, 3.8) is 0 Å². The van der Waals surface area contributed by atoms with Crippen molar-refractivity contribution in [1.29, 1.82) is 0 Å². The highest BCUT2D eigenvalue weighted by molar-refractivity contribution is 5.69. The third-order valence-corrected chi connectivity index (χ3v) is 15.7. The molecule has 0 bridgehead atoms. The van der Waals surface area contributed by atoms with Gasteiger partial charge in [-0.3, -0.25) is 28.8 Å². The number of rotatable bonds is 13. The fourth-order valence-electron chi connectivity index (χ4n) is 13.0. The number of hydrogen-bond acceptors (Lipinski definition) is 21. The van der Waals surface area contributed by atoms with E-state index in [0.717, 1.165) is 53.4 Å². The van der Waals surface area contributed by atoms with Crippen LogP contribution in [-0.2, 0) is 80.9 Å². The zero-order chi connectivity index (χ0) is 50.4. The molecule has 1 aromatic heterocycles. The van der Waals surface area contributed by atoms with Gasteiger partial charge in [0.25, 0.3) is 0 Å². The Bertz CT molecular complexity index is 2190. The van der Waals surface area contributed by atoms with E-state index >= 15 is 0 Å². The quantitative estimate of drug-likeness (QED) is 0.124. The lowest BCUT2D eigenvalue weighted by Crippen LogP contribution is -2.69. The lowest BCUT2D eigenvalue weighted by molar-refractivity contribution is -0.341. The van der Waals surface area contributed by atoms with Crippen molar-refractivity contribution in [2.45, 2.75) is 198 Å². The number of carbonyl (C=O) groups excluding carboxylic acids is 7. The molecule has 6 aliphatic rings. The SMILES string of the molecule is CC(=O)OC1C(C)OC(OCC2OC(OC3CCC4(C=O)C5CCC6(C)C(c7ccoc(=O)c7)CCC6(O)C5CCC4(O)C3)C(OC(C)=O)C(OC(C)=O)C2OC(C)=O)C(OC(C)=O)C1OC(C)=O. The predicted octanol–water partition coefficient (Wildman–Crippen LogP) is 2.64. The van der Waals surface area contributed by atoms with Crippen molar-refractivity contribution in [1.82, 2.24) is 0 Å². The molecule has 0 aromatic carbocycles. The summed E-state index contributed by atoms with van der Waals surface area (Å²) in [7, 11) is 0. The number of carbonyl (C=O) groups is 7. The Morgan fingerprint density at radius 3 is 1.83 bits per heavy atom. The van der Waals surface area contributed by atoms with Crippen LogP contribution >= 0.6 is 0 Å². The molecular formula is C48H64O21. The summed E-state index contributed by atoms with van der Waals surface area (Å²) in [5.74, 6) is -5.79. The molecule has 7 rings (SSSR count). The third kappa shape index (κ3) is 9.96. The van der Waals surface area contributed by atoms with Crippen molar-refractivity contribution in [2.75, 3.05) is 6.61 Å². The summed E-state index contributed by atoms with van der Waals surface area (Å²) in [5.41, 5.74) is -4.38. The molecule has 2 N–H and O–H groups in total. The van der Waals surface area contributed by atoms with Crippen LogP contribution in [0.4, 0.5) is 0 Å². The molecule has 3 heterocycles. The van der Waals surface area contributed by atoms with E-state index in [1.54, 1.807) is 6.07 Å². The number of hydrogen-bond donors (Lipinski definition) is 2. The van der Waals surface area contributed by atoms with Crippen LogP contribution in [0.15, 0.2) is 27.6 Å². The van der Waals surface area contributed by atoms with Crippen molar-refractivity contribution in [3.8, 4) is 0 Å². The van der Waals surface area contributed by atoms with E-state index in [9.17, 15) is 48.6 Å². The van der Waals surface area contributed by atoms with Gasteiger partial charge in [-0.2, -0.15) is 0 Å². The second-order valence-corrected chi connectivity index (χ2v) is 19.8. The molecule has 1 aromatic rings. The molecule has 2 aliphatic heterocycles. The van der Waals surface area contributed by atoms with Gasteiger partial charge in [0.15, 0.2) is 49.2 Å². The molecule has 0 radical (unpaired) electrons. The molecule has 4 aliphatic carbocycles. The molecular weight excluding hydrogens is 913 g/mol. The van der Waals surface area contributed by atoms with Gasteiger partial charge in [-0.25, -0.2) is 4.79 Å². The van der Waals surface area contributed by atoms with Gasteiger partial charge in [-0.15, -0.1) is 0 Å². The van der Waals surface area contributed by atoms with Gasteiger partial charge in [0.05, 0.1) is 41.7 Å². The number of aliphatic hydroxyl groups is 2. The molecule has 6 fully saturated rings. The van der Waals surface area contributed by atoms with E-state index < -0.39 is 144 Å². The first-order chi connectivity index (χ1) is 32.4. The normalized spacial score (nSPS) is 41.4. The average Bonchev–Trinajstić information content (AvgIpc) is 3.54. The monoisotopic (exact) mass is 976 g/mol. The van der Waals surface area contributed by atoms with Gasteiger partial charge in [0, 0.05) is 59.4 Å². The van der Waals surface area contributed by atoms with Crippen LogP contribution in [0.1, 0.15) is 125 Å². The Labute approximate surface area is 398 Å². The Balaban J connectivity index is 1.15. The van der Waals surface area contributed by atoms with Crippen LogP contribution in [0, 0.1) is 22.7 Å². The Morgan fingerprint density at radius 2 is 1.23 bits per heavy atom. The molecule has 18 atom stereocenters. The lowest BCUT2D eigenvalue weighted by Gasteiger charge is -2.65. The van der Waals surface area contributed by atoms with Crippen LogP contribution in [0.25, 0.3) is 0 Å². The topological polar surface area (TPSA) is 282 Å². The minimum atomic E-state index is -1.62. The summed E-state index contributed by atoms with van der Waals surface area (Å²) in [6.45, 7) is 9.56. The fraction of sp³-hybridized carbons (Fsp3) is 0.750. The summed E-state index contributed by atoms with van der Waals surface area (Å²) >= 11 is 0. The zero-order valence-corrected chi connectivity index (χ0v) is 40.1. The maximum atomic E-state index is 13.6. The van der Waals surface area contributed by atoms with Crippen LogP contribution in [0.3, 0.4) is 0 Å². The number of ether oxygens (including phenoxy) is 10. The average molecular weight is 977 g/mol. The van der Waals surface area contributed by atoms with Crippen molar-refractivity contribution >= 4 is 42.1 Å². The number of aldehydes is 1. The second-order valence-electron chi connectivity index (χ2n) is 19.8. The summed E-state index contributed by atoms with van der Waals surface area (Å²) in [6.07, 6.45) is -10.1. The maximum Gasteiger partial charge on any atom is 0.335 e. The van der Waals surface area contributed by atoms with Crippen molar-refractivity contribution in [3.05, 3.63) is 34.4 Å². The van der Waals surface area contributed by atoms with Gasteiger partial charge >= 0.3 is 41.4 Å². The molecule has 0 amide bonds. The van der Waals surface area contributed by atoms with E-state index in [0.29, 0.717) is 32.1 Å². The first-order valence-corrected chi connectivity index (χ1v) is 23.6. The van der Waals surface area contributed by atoms with E-state index in [1.807, 2.05) is 6.92 Å². The Morgan fingerprint density at radius 1 is 0.681 bits per heavy atom. The summed E-state index contributed by atoms with van der Waals surface area (Å²) in [6, 6.07) is 3.24. The second kappa shape index (κ2) is 20.1. The third-order valence-electron chi connectivity index (χ3n) is 15.7. The van der Waals surface area contributed by atoms with Crippen molar-refractivity contribution < 1.29 is 95.6 Å². The summed E-state index contributed by atoms with van der Waals surface area (Å²) < 4.78 is 63.7. The minimum Gasteiger partial charge on any atom is -0.456 e. The predicted molar refractivity (Wildman–Crippen MR) is 230 cm³/mol. The molecule has 382 valence electrons. The van der Waals surface area contributed by atoms with E-state index in [-0.39, 0.29) is 37.5 Å². The van der Waals surface area contributed by atoms with E-state index in [1.165, 1.54) is 19.3 Å². The first kappa shape index (κ1) is 52.0. The van der Waals surface area contributed by atoms with Crippen LogP contribution in [-0.4, -0.2) is 138 Å². The molecule has 18 unspecified atom stereocenters. The standard InChI is InChI=1S/C48H64O21/c1-23-37(62-24(2)50)39(64-26(4)52)41(66-28(6)54)43(61-23)60-21-35-38(63-25(3)51)40(65-27(5)53)42(67-29(7)55)44(69-35)68-31-9-15-46(22-49)33-10-14-45(8)32(30-13-18-59-36(56)19-30)12-17-48(45,58)34(33)11-16-47(46,57)20-31/h13,18-19,22-23,31-35,37-44,57-58H,9-12,14-17,20-21H2,1-8H3. The zero-order valence-electron chi connectivity index (χ0n) is 40.1. The minimum absolute atomic E-state index is 0.0780. The lowest BCUT2D eigenvalue weighted by atomic mass is 9.41. The van der Waals surface area contributed by atoms with Gasteiger partial charge in [0.1, 0.15) is 12.4 Å². The van der Waals surface area contributed by atoms with Gasteiger partial charge in [-0.1, -0.05) is 6.92 Å². The smallest absolute Gasteiger partial charge is 0.335 e. The molecule has 4 saturated carbocycles. The highest BCUT2D eigenvalue weighted by Gasteiger charge is 2.71. The van der Waals surface area contributed by atoms with E-state index in [4.69, 9.17) is 51.8 Å². The van der Waals surface area contributed by atoms with E-state index in [2.05, 4.69) is 0 Å². The number of esters is 6. The molecule has 2 saturated heterocycles. The molecule has 69 heavy (non-hydrogen) atoms. The van der Waals surface area contributed by atoms with Gasteiger partial charge in [0.2, 0.25) is 0 Å². The highest BCUT2D eigenvalue weighted by Crippen LogP contribution is 2.71. The van der Waals surface area contributed by atoms with Crippen molar-refractivity contribution in [2.24, 2.45) is 22.7 Å². The number of fused-ring (bicyclic) bond motifs is 5. The van der Waals surface area contributed by atoms with Crippen LogP contribution in [0.5, 0.6) is 0 Å². The van der Waals surface area contributed by atoms with Gasteiger partial charge in [-0.05, 0) is 87.7 Å². The Hall–Kier alpha value is -4.80. The summed E-state index contributed by atoms with van der Waals surface area (Å²) in [5, 5.41) is 25.5. The maximum absolute atomic E-state index is 13.6.